The van der Waals surface area contributed by atoms with Crippen molar-refractivity contribution in [2.24, 2.45) is 0 Å². The molecule has 1 saturated heterocycles. The van der Waals surface area contributed by atoms with Gasteiger partial charge in [0.05, 0.1) is 17.1 Å². The molecule has 2 rings (SSSR count). The molecule has 1 aliphatic heterocycles. The summed E-state index contributed by atoms with van der Waals surface area (Å²) in [6, 6.07) is 3.40. The second-order valence-corrected chi connectivity index (χ2v) is 7.58. The molecule has 1 aromatic rings. The number of benzene rings is 1. The molecular weight excluding hydrogens is 305 g/mol. The van der Waals surface area contributed by atoms with Crippen molar-refractivity contribution in [2.45, 2.75) is 25.7 Å². The molecule has 4 nitrogen and oxygen atoms in total. The van der Waals surface area contributed by atoms with Crippen LogP contribution in [0.1, 0.15) is 18.1 Å². The number of hydrogen-bond acceptors (Lipinski definition) is 4. The van der Waals surface area contributed by atoms with Crippen LogP contribution in [0.15, 0.2) is 18.2 Å². The number of nitrogens with two attached hydrogens (primary N) is 1. The van der Waals surface area contributed by atoms with Crippen LogP contribution in [-0.4, -0.2) is 37.4 Å². The molecule has 0 radical (unpaired) electrons. The molecule has 1 heterocycles. The third-order valence-corrected chi connectivity index (χ3v) is 5.42. The molecule has 1 aromatic carbocycles. The number of nitrogen functional groups attached to an aromatic ring is 1. The Hall–Kier alpha value is -1.28. The summed E-state index contributed by atoms with van der Waals surface area (Å²) in [7, 11) is -3.09. The van der Waals surface area contributed by atoms with E-state index in [0.717, 1.165) is 6.07 Å². The van der Waals surface area contributed by atoms with E-state index in [1.807, 2.05) is 0 Å². The van der Waals surface area contributed by atoms with Crippen LogP contribution in [0, 0.1) is 0 Å². The van der Waals surface area contributed by atoms with Gasteiger partial charge >= 0.3 is 6.18 Å². The first kappa shape index (κ1) is 16.1. The number of alkyl halides is 3. The summed E-state index contributed by atoms with van der Waals surface area (Å²) < 4.78 is 62.1. The summed E-state index contributed by atoms with van der Waals surface area (Å²) in [6.45, 7) is 2.01. The maximum atomic E-state index is 13.0. The van der Waals surface area contributed by atoms with E-state index in [4.69, 9.17) is 5.73 Å². The van der Waals surface area contributed by atoms with Crippen molar-refractivity contribution in [3.05, 3.63) is 29.3 Å². The largest absolute Gasteiger partial charge is 0.416 e. The first-order chi connectivity index (χ1) is 9.58. The van der Waals surface area contributed by atoms with Crippen LogP contribution in [0.3, 0.4) is 0 Å². The van der Waals surface area contributed by atoms with Gasteiger partial charge in [-0.05, 0) is 24.6 Å². The van der Waals surface area contributed by atoms with Gasteiger partial charge in [-0.2, -0.15) is 13.2 Å². The van der Waals surface area contributed by atoms with Gasteiger partial charge in [0.1, 0.15) is 0 Å². The van der Waals surface area contributed by atoms with Crippen LogP contribution >= 0.6 is 0 Å². The van der Waals surface area contributed by atoms with Gasteiger partial charge in [0.15, 0.2) is 9.84 Å². The highest BCUT2D eigenvalue weighted by Gasteiger charge is 2.35. The Morgan fingerprint density at radius 1 is 1.38 bits per heavy atom. The molecule has 1 aliphatic rings. The minimum absolute atomic E-state index is 0.0202. The Morgan fingerprint density at radius 3 is 2.62 bits per heavy atom. The molecule has 1 unspecified atom stereocenters. The van der Waals surface area contributed by atoms with Gasteiger partial charge in [-0.15, -0.1) is 0 Å². The lowest BCUT2D eigenvalue weighted by atomic mass is 10.0. The molecule has 0 saturated carbocycles. The van der Waals surface area contributed by atoms with E-state index in [1.54, 1.807) is 11.8 Å². The molecule has 0 bridgehead atoms. The van der Waals surface area contributed by atoms with Gasteiger partial charge in [0.2, 0.25) is 0 Å². The normalized spacial score (nSPS) is 23.1. The molecule has 1 atom stereocenters. The van der Waals surface area contributed by atoms with Crippen molar-refractivity contribution < 1.29 is 21.6 Å². The first-order valence-corrected chi connectivity index (χ1v) is 8.31. The molecule has 0 spiro atoms. The molecule has 2 N–H and O–H groups in total. The number of sulfone groups is 1. The summed E-state index contributed by atoms with van der Waals surface area (Å²) in [5.41, 5.74) is 4.84. The fraction of sp³-hybridized carbons (Fsp3) is 0.538. The van der Waals surface area contributed by atoms with E-state index in [1.165, 1.54) is 12.1 Å². The Bertz CT molecular complexity index is 629. The van der Waals surface area contributed by atoms with Crippen LogP contribution < -0.4 is 5.73 Å². The van der Waals surface area contributed by atoms with Gasteiger partial charge in [0.25, 0.3) is 0 Å². The summed E-state index contributed by atoms with van der Waals surface area (Å²) >= 11 is 0. The number of anilines is 1. The Kier molecular flexibility index (Phi) is 4.21. The summed E-state index contributed by atoms with van der Waals surface area (Å²) in [4.78, 5) is 1.75. The second kappa shape index (κ2) is 5.49. The van der Waals surface area contributed by atoms with E-state index in [-0.39, 0.29) is 41.9 Å². The molecular formula is C13H17F3N2O2S. The zero-order chi connectivity index (χ0) is 15.8. The molecule has 0 aliphatic carbocycles. The predicted molar refractivity (Wildman–Crippen MR) is 74.4 cm³/mol. The minimum atomic E-state index is -4.48. The summed E-state index contributed by atoms with van der Waals surface area (Å²) in [5.74, 6) is -0.0447. The van der Waals surface area contributed by atoms with E-state index < -0.39 is 21.6 Å². The minimum Gasteiger partial charge on any atom is -0.399 e. The highest BCUT2D eigenvalue weighted by atomic mass is 32.2. The van der Waals surface area contributed by atoms with Crippen LogP contribution in [0.5, 0.6) is 0 Å². The Labute approximate surface area is 121 Å². The lowest BCUT2D eigenvalue weighted by molar-refractivity contribution is -0.138. The maximum absolute atomic E-state index is 13.0. The SMILES string of the molecule is CC1CS(=O)(=O)CCN1Cc1ccc(N)cc1C(F)(F)F. The maximum Gasteiger partial charge on any atom is 0.416 e. The van der Waals surface area contributed by atoms with E-state index in [2.05, 4.69) is 0 Å². The molecule has 0 amide bonds. The van der Waals surface area contributed by atoms with Crippen LogP contribution in [0.4, 0.5) is 18.9 Å². The topological polar surface area (TPSA) is 63.4 Å². The monoisotopic (exact) mass is 322 g/mol. The van der Waals surface area contributed by atoms with Crippen LogP contribution in [-0.2, 0) is 22.6 Å². The first-order valence-electron chi connectivity index (χ1n) is 6.48. The lowest BCUT2D eigenvalue weighted by Crippen LogP contribution is -2.46. The smallest absolute Gasteiger partial charge is 0.399 e. The average molecular weight is 322 g/mol. The summed E-state index contributed by atoms with van der Waals surface area (Å²) in [6.07, 6.45) is -4.48. The number of halogens is 3. The third-order valence-electron chi connectivity index (χ3n) is 3.62. The summed E-state index contributed by atoms with van der Waals surface area (Å²) in [5, 5.41) is 0. The second-order valence-electron chi connectivity index (χ2n) is 5.35. The number of nitrogens with zero attached hydrogens (tertiary/aromatic N) is 1. The van der Waals surface area contributed by atoms with E-state index >= 15 is 0 Å². The van der Waals surface area contributed by atoms with E-state index in [0.29, 0.717) is 0 Å². The molecule has 1 fully saturated rings. The van der Waals surface area contributed by atoms with Gasteiger partial charge in [-0.25, -0.2) is 8.42 Å². The standard InChI is InChI=1S/C13H17F3N2O2S/c1-9-8-21(19,20)5-4-18(9)7-10-2-3-11(17)6-12(10)13(14,15)16/h2-3,6,9H,4-5,7-8,17H2,1H3. The van der Waals surface area contributed by atoms with Crippen molar-refractivity contribution >= 4 is 15.5 Å². The zero-order valence-electron chi connectivity index (χ0n) is 11.5. The molecule has 118 valence electrons. The number of rotatable bonds is 2. The molecule has 21 heavy (non-hydrogen) atoms. The Balaban J connectivity index is 2.24. The van der Waals surface area contributed by atoms with Crippen molar-refractivity contribution in [2.75, 3.05) is 23.8 Å². The van der Waals surface area contributed by atoms with Crippen molar-refractivity contribution in [3.63, 3.8) is 0 Å². The van der Waals surface area contributed by atoms with E-state index in [9.17, 15) is 21.6 Å². The van der Waals surface area contributed by atoms with Crippen molar-refractivity contribution in [1.82, 2.24) is 4.90 Å². The van der Waals surface area contributed by atoms with Crippen molar-refractivity contribution in [1.29, 1.82) is 0 Å². The fourth-order valence-corrected chi connectivity index (χ4v) is 4.11. The highest BCUT2D eigenvalue weighted by Crippen LogP contribution is 2.34. The zero-order valence-corrected chi connectivity index (χ0v) is 12.3. The van der Waals surface area contributed by atoms with Gasteiger partial charge < -0.3 is 5.73 Å². The number of hydrogen-bond donors (Lipinski definition) is 1. The lowest BCUT2D eigenvalue weighted by Gasteiger charge is -2.33. The Morgan fingerprint density at radius 2 is 2.05 bits per heavy atom. The fourth-order valence-electron chi connectivity index (χ4n) is 2.48. The molecule has 8 heteroatoms. The third kappa shape index (κ3) is 3.88. The van der Waals surface area contributed by atoms with Crippen LogP contribution in [0.25, 0.3) is 0 Å². The van der Waals surface area contributed by atoms with Gasteiger partial charge in [-0.1, -0.05) is 6.07 Å². The average Bonchev–Trinajstić information content (AvgIpc) is 2.32. The predicted octanol–water partition coefficient (Wildman–Crippen LogP) is 1.91. The van der Waals surface area contributed by atoms with Crippen LogP contribution in [0.2, 0.25) is 0 Å². The molecule has 0 aromatic heterocycles. The van der Waals surface area contributed by atoms with Crippen molar-refractivity contribution in [3.8, 4) is 0 Å². The highest BCUT2D eigenvalue weighted by molar-refractivity contribution is 7.91. The van der Waals surface area contributed by atoms with Gasteiger partial charge in [0, 0.05) is 24.8 Å². The quantitative estimate of drug-likeness (QED) is 0.845. The van der Waals surface area contributed by atoms with Gasteiger partial charge in [-0.3, -0.25) is 4.90 Å².